The second-order valence-corrected chi connectivity index (χ2v) is 11.1. The molecule has 1 fully saturated rings. The third-order valence-electron chi connectivity index (χ3n) is 7.28. The number of benzene rings is 1. The standard InChI is InChI=1S/C28H35N3O2S/c1-19(2)20-10-12-21(13-11-20)26(31-16-14-30(3)15-17-31)25-22-7-4-5-9-24(22)34-28(25)29-27(32)23-8-6-18-33-23/h6,8,10-13,18-19,26H,4-5,7,9,14-17H2,1-3H3,(H,29,32)/t26-/m0/s1. The molecule has 1 aromatic carbocycles. The lowest BCUT2D eigenvalue weighted by molar-refractivity contribution is 0.0996. The average Bonchev–Trinajstić information content (AvgIpc) is 3.50. The number of nitrogens with one attached hydrogen (secondary N) is 1. The minimum atomic E-state index is -0.169. The van der Waals surface area contributed by atoms with Crippen molar-refractivity contribution in [2.24, 2.45) is 0 Å². The Balaban J connectivity index is 1.59. The molecule has 0 bridgehead atoms. The van der Waals surface area contributed by atoms with Gasteiger partial charge in [0.15, 0.2) is 5.76 Å². The summed E-state index contributed by atoms with van der Waals surface area (Å²) in [5.74, 6) is 0.695. The summed E-state index contributed by atoms with van der Waals surface area (Å²) in [5.41, 5.74) is 5.44. The van der Waals surface area contributed by atoms with Crippen LogP contribution in [0.4, 0.5) is 5.00 Å². The second-order valence-electron chi connectivity index (χ2n) is 9.95. The molecule has 2 aromatic heterocycles. The van der Waals surface area contributed by atoms with Gasteiger partial charge < -0.3 is 14.6 Å². The minimum Gasteiger partial charge on any atom is -0.459 e. The molecule has 1 aliphatic heterocycles. The summed E-state index contributed by atoms with van der Waals surface area (Å²) in [6.07, 6.45) is 6.18. The monoisotopic (exact) mass is 477 g/mol. The lowest BCUT2D eigenvalue weighted by Crippen LogP contribution is -2.46. The molecule has 0 unspecified atom stereocenters. The predicted molar refractivity (Wildman–Crippen MR) is 139 cm³/mol. The SMILES string of the molecule is CC(C)c1ccc([C@@H](c2c(NC(=O)c3ccco3)sc3c2CCCC3)N2CCN(C)CC2)cc1. The van der Waals surface area contributed by atoms with Crippen LogP contribution < -0.4 is 5.32 Å². The van der Waals surface area contributed by atoms with Crippen LogP contribution >= 0.6 is 11.3 Å². The number of fused-ring (bicyclic) bond motifs is 1. The number of rotatable bonds is 6. The molecule has 0 spiro atoms. The van der Waals surface area contributed by atoms with Crippen molar-refractivity contribution in [2.45, 2.75) is 51.5 Å². The summed E-state index contributed by atoms with van der Waals surface area (Å²) in [6.45, 7) is 8.63. The molecule has 0 radical (unpaired) electrons. The maximum Gasteiger partial charge on any atom is 0.291 e. The Bertz CT molecular complexity index is 1110. The van der Waals surface area contributed by atoms with Crippen molar-refractivity contribution in [3.05, 3.63) is 75.6 Å². The highest BCUT2D eigenvalue weighted by molar-refractivity contribution is 7.16. The largest absolute Gasteiger partial charge is 0.459 e. The van der Waals surface area contributed by atoms with Crippen LogP contribution in [0.15, 0.2) is 47.1 Å². The van der Waals surface area contributed by atoms with E-state index in [1.165, 1.54) is 40.0 Å². The van der Waals surface area contributed by atoms with Crippen molar-refractivity contribution in [3.63, 3.8) is 0 Å². The number of piperazine rings is 1. The Morgan fingerprint density at radius 1 is 1.00 bits per heavy atom. The van der Waals surface area contributed by atoms with E-state index in [0.29, 0.717) is 11.7 Å². The van der Waals surface area contributed by atoms with Gasteiger partial charge in [0.05, 0.1) is 12.3 Å². The third-order valence-corrected chi connectivity index (χ3v) is 8.50. The van der Waals surface area contributed by atoms with E-state index < -0.39 is 0 Å². The van der Waals surface area contributed by atoms with E-state index in [1.807, 2.05) is 0 Å². The van der Waals surface area contributed by atoms with Crippen LogP contribution in [-0.4, -0.2) is 48.9 Å². The number of carbonyl (C=O) groups excluding carboxylic acids is 1. The van der Waals surface area contributed by atoms with Crippen LogP contribution in [-0.2, 0) is 12.8 Å². The topological polar surface area (TPSA) is 48.7 Å². The average molecular weight is 478 g/mol. The van der Waals surface area contributed by atoms with Crippen molar-refractivity contribution < 1.29 is 9.21 Å². The quantitative estimate of drug-likeness (QED) is 0.478. The van der Waals surface area contributed by atoms with Crippen molar-refractivity contribution >= 4 is 22.2 Å². The van der Waals surface area contributed by atoms with E-state index in [4.69, 9.17) is 4.42 Å². The van der Waals surface area contributed by atoms with Gasteiger partial charge in [-0.3, -0.25) is 9.69 Å². The summed E-state index contributed by atoms with van der Waals surface area (Å²) < 4.78 is 5.39. The number of amides is 1. The fourth-order valence-corrected chi connectivity index (χ4v) is 6.56. The number of hydrogen-bond acceptors (Lipinski definition) is 5. The third kappa shape index (κ3) is 4.72. The Kier molecular flexibility index (Phi) is 6.91. The number of hydrogen-bond donors (Lipinski definition) is 1. The number of furan rings is 1. The van der Waals surface area contributed by atoms with E-state index in [1.54, 1.807) is 29.7 Å². The van der Waals surface area contributed by atoms with Crippen LogP contribution in [0.3, 0.4) is 0 Å². The number of nitrogens with zero attached hydrogens (tertiary/aromatic N) is 2. The number of anilines is 1. The molecule has 34 heavy (non-hydrogen) atoms. The zero-order valence-electron chi connectivity index (χ0n) is 20.5. The number of aryl methyl sites for hydroxylation is 1. The van der Waals surface area contributed by atoms with E-state index in [0.717, 1.165) is 44.0 Å². The molecule has 180 valence electrons. The minimum absolute atomic E-state index is 0.139. The van der Waals surface area contributed by atoms with Crippen molar-refractivity contribution in [1.29, 1.82) is 0 Å². The first-order valence-corrected chi connectivity index (χ1v) is 13.3. The van der Waals surface area contributed by atoms with Gasteiger partial charge in [-0.15, -0.1) is 11.3 Å². The predicted octanol–water partition coefficient (Wildman–Crippen LogP) is 5.93. The van der Waals surface area contributed by atoms with Gasteiger partial charge in [0.1, 0.15) is 5.00 Å². The Labute approximate surface area is 206 Å². The molecule has 1 saturated heterocycles. The zero-order chi connectivity index (χ0) is 23.7. The smallest absolute Gasteiger partial charge is 0.291 e. The lowest BCUT2D eigenvalue weighted by atomic mass is 9.87. The molecule has 1 N–H and O–H groups in total. The van der Waals surface area contributed by atoms with E-state index in [9.17, 15) is 4.79 Å². The van der Waals surface area contributed by atoms with Gasteiger partial charge in [0.25, 0.3) is 5.91 Å². The highest BCUT2D eigenvalue weighted by Crippen LogP contribution is 2.46. The Morgan fingerprint density at radius 3 is 2.38 bits per heavy atom. The van der Waals surface area contributed by atoms with Crippen molar-refractivity contribution in [2.75, 3.05) is 38.5 Å². The van der Waals surface area contributed by atoms with Gasteiger partial charge in [-0.1, -0.05) is 38.1 Å². The van der Waals surface area contributed by atoms with Gasteiger partial charge in [-0.25, -0.2) is 0 Å². The first-order chi connectivity index (χ1) is 16.5. The zero-order valence-corrected chi connectivity index (χ0v) is 21.3. The highest BCUT2D eigenvalue weighted by Gasteiger charge is 2.33. The van der Waals surface area contributed by atoms with Crippen LogP contribution in [0, 0.1) is 0 Å². The summed E-state index contributed by atoms with van der Waals surface area (Å²) in [6, 6.07) is 12.8. The van der Waals surface area contributed by atoms with Gasteiger partial charge in [0.2, 0.25) is 0 Å². The van der Waals surface area contributed by atoms with Crippen LogP contribution in [0.2, 0.25) is 0 Å². The Hall–Kier alpha value is -2.41. The molecule has 5 rings (SSSR count). The van der Waals surface area contributed by atoms with Crippen molar-refractivity contribution in [3.8, 4) is 0 Å². The van der Waals surface area contributed by atoms with Crippen LogP contribution in [0.1, 0.15) is 76.3 Å². The maximum atomic E-state index is 13.0. The summed E-state index contributed by atoms with van der Waals surface area (Å²) >= 11 is 1.77. The fourth-order valence-electron chi connectivity index (χ4n) is 5.25. The van der Waals surface area contributed by atoms with E-state index in [2.05, 4.69) is 60.3 Å². The molecule has 6 heteroatoms. The molecule has 1 amide bonds. The Morgan fingerprint density at radius 2 is 1.71 bits per heavy atom. The van der Waals surface area contributed by atoms with Gasteiger partial charge >= 0.3 is 0 Å². The van der Waals surface area contributed by atoms with Gasteiger partial charge in [0, 0.05) is 36.6 Å². The molecule has 2 aliphatic rings. The second kappa shape index (κ2) is 10.1. The summed E-state index contributed by atoms with van der Waals surface area (Å²) in [5, 5.41) is 4.24. The lowest BCUT2D eigenvalue weighted by Gasteiger charge is -2.39. The number of carbonyl (C=O) groups is 1. The molecule has 0 saturated carbocycles. The van der Waals surface area contributed by atoms with E-state index >= 15 is 0 Å². The first kappa shape index (κ1) is 23.3. The molecule has 3 aromatic rings. The van der Waals surface area contributed by atoms with Gasteiger partial charge in [-0.2, -0.15) is 0 Å². The number of thiophene rings is 1. The van der Waals surface area contributed by atoms with Gasteiger partial charge in [-0.05, 0) is 67.5 Å². The maximum absolute atomic E-state index is 13.0. The summed E-state index contributed by atoms with van der Waals surface area (Å²) in [4.78, 5) is 19.5. The number of likely N-dealkylation sites (N-methyl/N-ethyl adjacent to an activating group) is 1. The normalized spacial score (nSPS) is 18.1. The summed E-state index contributed by atoms with van der Waals surface area (Å²) in [7, 11) is 2.20. The molecule has 1 aliphatic carbocycles. The van der Waals surface area contributed by atoms with E-state index in [-0.39, 0.29) is 11.9 Å². The molecule has 3 heterocycles. The first-order valence-electron chi connectivity index (χ1n) is 12.5. The molecule has 5 nitrogen and oxygen atoms in total. The van der Waals surface area contributed by atoms with Crippen LogP contribution in [0.5, 0.6) is 0 Å². The van der Waals surface area contributed by atoms with Crippen molar-refractivity contribution in [1.82, 2.24) is 9.80 Å². The highest BCUT2D eigenvalue weighted by atomic mass is 32.1. The molecule has 1 atom stereocenters. The molecular weight excluding hydrogens is 442 g/mol. The van der Waals surface area contributed by atoms with Crippen LogP contribution in [0.25, 0.3) is 0 Å². The molecular formula is C28H35N3O2S. The fraction of sp³-hybridized carbons (Fsp3) is 0.464.